The molecule has 1 N–H and O–H groups in total. The second-order valence-corrected chi connectivity index (χ2v) is 16.4. The van der Waals surface area contributed by atoms with Crippen molar-refractivity contribution >= 4 is 18.5 Å². The normalized spacial score (nSPS) is 13.9. The van der Waals surface area contributed by atoms with E-state index in [0.717, 1.165) is 45.1 Å². The monoisotopic (exact) mass is 696 g/mol. The predicted octanol–water partition coefficient (Wildman–Crippen LogP) is 13.6. The summed E-state index contributed by atoms with van der Waals surface area (Å²) < 4.78 is 11.7. The summed E-state index contributed by atoms with van der Waals surface area (Å²) in [6.45, 7) is 2.45. The van der Waals surface area contributed by atoms with E-state index in [4.69, 9.17) is 20.9 Å². The van der Waals surface area contributed by atoms with Crippen molar-refractivity contribution < 1.29 is 13.9 Å². The lowest BCUT2D eigenvalue weighted by Gasteiger charge is -2.24. The predicted molar refractivity (Wildman–Crippen MR) is 214 cm³/mol. The molecular weight excluding hydrogens is 617 g/mol. The van der Waals surface area contributed by atoms with Crippen molar-refractivity contribution in [3.8, 4) is 0 Å². The molecule has 0 heterocycles. The molecule has 0 aromatic heterocycles. The quantitative estimate of drug-likeness (QED) is 0.0401. The zero-order valence-electron chi connectivity index (χ0n) is 31.6. The fourth-order valence-electron chi connectivity index (χ4n) is 5.53. The molecule has 0 amide bonds. The van der Waals surface area contributed by atoms with Crippen molar-refractivity contribution in [1.82, 2.24) is 4.90 Å². The highest BCUT2D eigenvalue weighted by atomic mass is 32.5. The second-order valence-electron chi connectivity index (χ2n) is 13.6. The van der Waals surface area contributed by atoms with Crippen LogP contribution < -0.4 is 0 Å². The molecule has 6 heteroatoms. The van der Waals surface area contributed by atoms with Gasteiger partial charge in [-0.05, 0) is 103 Å². The Morgan fingerprint density at radius 2 is 0.915 bits per heavy atom. The molecule has 1 unspecified atom stereocenters. The average Bonchev–Trinajstić information content (AvgIpc) is 3.03. The van der Waals surface area contributed by atoms with Crippen LogP contribution in [0, 0.1) is 0 Å². The highest BCUT2D eigenvalue weighted by molar-refractivity contribution is 8.07. The number of hydrogen-bond acceptors (Lipinski definition) is 4. The fraction of sp³-hybridized carbons (Fsp3) is 0.805. The lowest BCUT2D eigenvalue weighted by atomic mass is 10.0. The molecule has 0 aromatic rings. The van der Waals surface area contributed by atoms with Crippen molar-refractivity contribution in [3.63, 3.8) is 0 Å². The molecule has 0 saturated carbocycles. The van der Waals surface area contributed by atoms with Crippen molar-refractivity contribution in [2.45, 2.75) is 187 Å². The molecular formula is C41H78NO3PS. The van der Waals surface area contributed by atoms with Crippen LogP contribution in [0.5, 0.6) is 0 Å². The first-order valence-corrected chi connectivity index (χ1v) is 22.4. The van der Waals surface area contributed by atoms with E-state index in [1.807, 2.05) is 19.0 Å². The third-order valence-electron chi connectivity index (χ3n) is 8.53. The average molecular weight is 696 g/mol. The van der Waals surface area contributed by atoms with Crippen molar-refractivity contribution in [3.05, 3.63) is 48.6 Å². The van der Waals surface area contributed by atoms with Gasteiger partial charge in [0.2, 0.25) is 0 Å². The SMILES string of the molecule is CCCCC/C=C\C/C=C\CCCCCCCCC(CCCCCCCC/C=C\C/C=C\CCCCC)OP(O)(=S)OCCN(C)C. The summed E-state index contributed by atoms with van der Waals surface area (Å²) in [5, 5.41) is 0. The maximum Gasteiger partial charge on any atom is 0.324 e. The van der Waals surface area contributed by atoms with Crippen LogP contribution in [-0.2, 0) is 20.9 Å². The van der Waals surface area contributed by atoms with Gasteiger partial charge in [-0.3, -0.25) is 0 Å². The smallest absolute Gasteiger partial charge is 0.324 e. The molecule has 0 fully saturated rings. The number of hydrogen-bond donors (Lipinski definition) is 1. The molecule has 0 bridgehead atoms. The molecule has 4 nitrogen and oxygen atoms in total. The minimum Gasteiger partial charge on any atom is -0.324 e. The first-order chi connectivity index (χ1) is 22.9. The first-order valence-electron chi connectivity index (χ1n) is 19.8. The number of unbranched alkanes of at least 4 members (excludes halogenated alkanes) is 18. The van der Waals surface area contributed by atoms with Gasteiger partial charge in [-0.2, -0.15) is 0 Å². The third-order valence-corrected chi connectivity index (χ3v) is 10.2. The van der Waals surface area contributed by atoms with Crippen LogP contribution in [0.4, 0.5) is 0 Å². The van der Waals surface area contributed by atoms with Crippen molar-refractivity contribution in [1.29, 1.82) is 0 Å². The molecule has 0 aliphatic heterocycles. The van der Waals surface area contributed by atoms with E-state index in [2.05, 4.69) is 62.5 Å². The molecule has 0 aliphatic rings. The standard InChI is InChI=1S/C41H78NO3PS/c1-5-7-9-11-13-15-17-19-21-23-25-27-29-31-33-35-37-41(45-46(43,47)44-40-39-42(3)4)38-36-34-32-30-28-26-24-22-20-18-16-14-12-10-8-6-2/h13-16,19-22,41H,5-12,17-18,23-40H2,1-4H3,(H,43,47)/b15-13-,16-14-,21-19-,22-20-. The molecule has 0 radical (unpaired) electrons. The van der Waals surface area contributed by atoms with Gasteiger partial charge in [-0.1, -0.05) is 152 Å². The lowest BCUT2D eigenvalue weighted by molar-refractivity contribution is 0.119. The van der Waals surface area contributed by atoms with E-state index in [0.29, 0.717) is 6.61 Å². The number of likely N-dealkylation sites (N-methyl/N-ethyl adjacent to an activating group) is 1. The van der Waals surface area contributed by atoms with Gasteiger partial charge in [0.05, 0.1) is 12.7 Å². The molecule has 0 saturated heterocycles. The second kappa shape index (κ2) is 36.7. The van der Waals surface area contributed by atoms with Gasteiger partial charge in [-0.15, -0.1) is 0 Å². The molecule has 0 aromatic carbocycles. The van der Waals surface area contributed by atoms with E-state index in [9.17, 15) is 4.89 Å². The van der Waals surface area contributed by atoms with Gasteiger partial charge in [0, 0.05) is 6.54 Å². The van der Waals surface area contributed by atoms with Crippen LogP contribution in [0.25, 0.3) is 0 Å². The van der Waals surface area contributed by atoms with Crippen LogP contribution in [-0.4, -0.2) is 43.1 Å². The van der Waals surface area contributed by atoms with E-state index >= 15 is 0 Å². The molecule has 276 valence electrons. The van der Waals surface area contributed by atoms with Crippen molar-refractivity contribution in [2.24, 2.45) is 0 Å². The van der Waals surface area contributed by atoms with Gasteiger partial charge in [0.25, 0.3) is 0 Å². The van der Waals surface area contributed by atoms with Crippen LogP contribution in [0.3, 0.4) is 0 Å². The molecule has 1 atom stereocenters. The van der Waals surface area contributed by atoms with Gasteiger partial charge in [-0.25, -0.2) is 0 Å². The Labute approximate surface area is 299 Å². The topological polar surface area (TPSA) is 41.9 Å². The largest absolute Gasteiger partial charge is 0.324 e. The molecule has 0 spiro atoms. The maximum absolute atomic E-state index is 10.7. The van der Waals surface area contributed by atoms with Gasteiger partial charge in [0.15, 0.2) is 0 Å². The summed E-state index contributed by atoms with van der Waals surface area (Å²) >= 11 is 5.39. The Morgan fingerprint density at radius 1 is 0.553 bits per heavy atom. The van der Waals surface area contributed by atoms with Gasteiger partial charge in [0.1, 0.15) is 0 Å². The van der Waals surface area contributed by atoms with Crippen LogP contribution in [0.2, 0.25) is 0 Å². The highest BCUT2D eigenvalue weighted by Gasteiger charge is 2.21. The van der Waals surface area contributed by atoms with Crippen LogP contribution in [0.1, 0.15) is 181 Å². The van der Waals surface area contributed by atoms with Crippen LogP contribution >= 0.6 is 6.72 Å². The minimum atomic E-state index is -3.20. The van der Waals surface area contributed by atoms with Crippen LogP contribution in [0.15, 0.2) is 48.6 Å². The number of rotatable bonds is 36. The number of nitrogens with zero attached hydrogens (tertiary/aromatic N) is 1. The Bertz CT molecular complexity index is 763. The Kier molecular flexibility index (Phi) is 36.3. The Hall–Kier alpha value is -0.550. The molecule has 47 heavy (non-hydrogen) atoms. The summed E-state index contributed by atoms with van der Waals surface area (Å²) in [6, 6.07) is 0. The summed E-state index contributed by atoms with van der Waals surface area (Å²) in [5.74, 6) is 0. The number of allylic oxidation sites excluding steroid dienone is 8. The third kappa shape index (κ3) is 38.1. The Balaban J connectivity index is 4.14. The Morgan fingerprint density at radius 3 is 1.30 bits per heavy atom. The van der Waals surface area contributed by atoms with E-state index in [1.165, 1.54) is 128 Å². The summed E-state index contributed by atoms with van der Waals surface area (Å²) in [4.78, 5) is 12.7. The van der Waals surface area contributed by atoms with E-state index in [1.54, 1.807) is 0 Å². The van der Waals surface area contributed by atoms with Gasteiger partial charge >= 0.3 is 6.72 Å². The zero-order chi connectivity index (χ0) is 34.5. The minimum absolute atomic E-state index is 0.00172. The summed E-state index contributed by atoms with van der Waals surface area (Å²) in [6.07, 6.45) is 50.5. The van der Waals surface area contributed by atoms with Crippen molar-refractivity contribution in [2.75, 3.05) is 27.2 Å². The molecule has 0 aliphatic carbocycles. The summed E-state index contributed by atoms with van der Waals surface area (Å²) in [5.41, 5.74) is 0. The van der Waals surface area contributed by atoms with E-state index in [-0.39, 0.29) is 6.10 Å². The summed E-state index contributed by atoms with van der Waals surface area (Å²) in [7, 11) is 3.98. The maximum atomic E-state index is 10.7. The van der Waals surface area contributed by atoms with Gasteiger partial charge < -0.3 is 18.8 Å². The molecule has 0 rings (SSSR count). The lowest BCUT2D eigenvalue weighted by Crippen LogP contribution is -2.19. The fourth-order valence-corrected chi connectivity index (χ4v) is 7.08. The van der Waals surface area contributed by atoms with E-state index < -0.39 is 6.72 Å². The zero-order valence-corrected chi connectivity index (χ0v) is 33.3. The highest BCUT2D eigenvalue weighted by Crippen LogP contribution is 2.46. The first kappa shape index (κ1) is 46.5.